The molecule has 3 rings (SSSR count). The SMILES string of the molecule is COC1CCCC1Nc1ccc2nnnn2n1. The average molecular weight is 234 g/mol. The molecule has 7 nitrogen and oxygen atoms in total. The minimum Gasteiger partial charge on any atom is -0.379 e. The van der Waals surface area contributed by atoms with Gasteiger partial charge < -0.3 is 10.1 Å². The van der Waals surface area contributed by atoms with E-state index in [4.69, 9.17) is 4.74 Å². The molecule has 0 spiro atoms. The first-order valence-electron chi connectivity index (χ1n) is 5.71. The fourth-order valence-electron chi connectivity index (χ4n) is 2.29. The minimum absolute atomic E-state index is 0.265. The van der Waals surface area contributed by atoms with Crippen molar-refractivity contribution in [3.05, 3.63) is 12.1 Å². The number of nitrogens with one attached hydrogen (secondary N) is 1. The number of tetrazole rings is 1. The van der Waals surface area contributed by atoms with E-state index < -0.39 is 0 Å². The van der Waals surface area contributed by atoms with Crippen LogP contribution >= 0.6 is 0 Å². The van der Waals surface area contributed by atoms with Crippen molar-refractivity contribution in [2.75, 3.05) is 12.4 Å². The van der Waals surface area contributed by atoms with Crippen molar-refractivity contribution >= 4 is 11.5 Å². The third-order valence-corrected chi connectivity index (χ3v) is 3.16. The van der Waals surface area contributed by atoms with Crippen LogP contribution in [0.2, 0.25) is 0 Å². The Morgan fingerprint density at radius 3 is 3.24 bits per heavy atom. The fraction of sp³-hybridized carbons (Fsp3) is 0.600. The highest BCUT2D eigenvalue weighted by Crippen LogP contribution is 2.24. The van der Waals surface area contributed by atoms with Crippen LogP contribution in [-0.4, -0.2) is 44.5 Å². The molecule has 2 aromatic heterocycles. The van der Waals surface area contributed by atoms with Crippen LogP contribution in [0.15, 0.2) is 12.1 Å². The van der Waals surface area contributed by atoms with Crippen molar-refractivity contribution in [1.29, 1.82) is 0 Å². The Kier molecular flexibility index (Phi) is 2.60. The third kappa shape index (κ3) is 1.93. The van der Waals surface area contributed by atoms with Gasteiger partial charge in [0.2, 0.25) is 0 Å². The number of fused-ring (bicyclic) bond motifs is 1. The van der Waals surface area contributed by atoms with Crippen LogP contribution in [0.1, 0.15) is 19.3 Å². The summed E-state index contributed by atoms with van der Waals surface area (Å²) in [4.78, 5) is 0. The van der Waals surface area contributed by atoms with E-state index in [1.807, 2.05) is 12.1 Å². The van der Waals surface area contributed by atoms with Crippen molar-refractivity contribution < 1.29 is 4.74 Å². The predicted molar refractivity (Wildman–Crippen MR) is 60.6 cm³/mol. The zero-order valence-electron chi connectivity index (χ0n) is 9.58. The van der Waals surface area contributed by atoms with Gasteiger partial charge in [0, 0.05) is 7.11 Å². The summed E-state index contributed by atoms with van der Waals surface area (Å²) >= 11 is 0. The van der Waals surface area contributed by atoms with Crippen LogP contribution < -0.4 is 5.32 Å². The molecule has 0 aromatic carbocycles. The molecule has 0 amide bonds. The van der Waals surface area contributed by atoms with E-state index >= 15 is 0 Å². The lowest BCUT2D eigenvalue weighted by atomic mass is 10.2. The molecule has 17 heavy (non-hydrogen) atoms. The average Bonchev–Trinajstić information content (AvgIpc) is 2.96. The molecule has 1 fully saturated rings. The number of methoxy groups -OCH3 is 1. The molecule has 2 atom stereocenters. The zero-order chi connectivity index (χ0) is 11.7. The first-order chi connectivity index (χ1) is 8.36. The lowest BCUT2D eigenvalue weighted by molar-refractivity contribution is 0.101. The van der Waals surface area contributed by atoms with Crippen molar-refractivity contribution in [3.63, 3.8) is 0 Å². The number of ether oxygens (including phenoxy) is 1. The molecule has 1 N–H and O–H groups in total. The summed E-state index contributed by atoms with van der Waals surface area (Å²) in [5.41, 5.74) is 0.644. The van der Waals surface area contributed by atoms with Gasteiger partial charge in [-0.1, -0.05) is 0 Å². The second-order valence-electron chi connectivity index (χ2n) is 4.20. The van der Waals surface area contributed by atoms with Gasteiger partial charge >= 0.3 is 0 Å². The van der Waals surface area contributed by atoms with Gasteiger partial charge in [0.15, 0.2) is 5.65 Å². The van der Waals surface area contributed by atoms with Crippen LogP contribution in [0.3, 0.4) is 0 Å². The van der Waals surface area contributed by atoms with Crippen molar-refractivity contribution in [2.45, 2.75) is 31.4 Å². The summed E-state index contributed by atoms with van der Waals surface area (Å²) in [5, 5.41) is 18.8. The summed E-state index contributed by atoms with van der Waals surface area (Å²) in [7, 11) is 1.75. The van der Waals surface area contributed by atoms with E-state index in [0.29, 0.717) is 11.7 Å². The highest BCUT2D eigenvalue weighted by atomic mass is 16.5. The molecule has 1 aliphatic carbocycles. The van der Waals surface area contributed by atoms with E-state index in [-0.39, 0.29) is 6.10 Å². The largest absolute Gasteiger partial charge is 0.379 e. The van der Waals surface area contributed by atoms with Crippen LogP contribution in [0.4, 0.5) is 5.82 Å². The summed E-state index contributed by atoms with van der Waals surface area (Å²) < 4.78 is 6.85. The van der Waals surface area contributed by atoms with Gasteiger partial charge in [-0.3, -0.25) is 0 Å². The van der Waals surface area contributed by atoms with Gasteiger partial charge in [0.25, 0.3) is 0 Å². The van der Waals surface area contributed by atoms with Crippen molar-refractivity contribution in [3.8, 4) is 0 Å². The van der Waals surface area contributed by atoms with Crippen LogP contribution in [0.5, 0.6) is 0 Å². The van der Waals surface area contributed by atoms with Gasteiger partial charge in [0.05, 0.1) is 12.1 Å². The number of rotatable bonds is 3. The first kappa shape index (κ1) is 10.4. The number of hydrogen-bond donors (Lipinski definition) is 1. The Bertz CT molecular complexity index is 512. The number of nitrogens with zero attached hydrogens (tertiary/aromatic N) is 5. The molecule has 2 aromatic rings. The van der Waals surface area contributed by atoms with E-state index in [0.717, 1.165) is 18.7 Å². The molecule has 1 aliphatic rings. The smallest absolute Gasteiger partial charge is 0.200 e. The molecule has 2 heterocycles. The second-order valence-corrected chi connectivity index (χ2v) is 4.20. The minimum atomic E-state index is 0.265. The Morgan fingerprint density at radius 2 is 2.35 bits per heavy atom. The monoisotopic (exact) mass is 234 g/mol. The highest BCUT2D eigenvalue weighted by Gasteiger charge is 2.27. The molecule has 1 saturated carbocycles. The first-order valence-corrected chi connectivity index (χ1v) is 5.71. The summed E-state index contributed by atoms with van der Waals surface area (Å²) in [6, 6.07) is 4.05. The maximum atomic E-state index is 5.43. The van der Waals surface area contributed by atoms with Gasteiger partial charge in [-0.2, -0.15) is 0 Å². The highest BCUT2D eigenvalue weighted by molar-refractivity contribution is 5.42. The predicted octanol–water partition coefficient (Wildman–Crippen LogP) is 0.499. The summed E-state index contributed by atoms with van der Waals surface area (Å²) in [6.07, 6.45) is 3.65. The normalized spacial score (nSPS) is 24.3. The van der Waals surface area contributed by atoms with Crippen LogP contribution in [-0.2, 0) is 4.74 Å². The van der Waals surface area contributed by atoms with Gasteiger partial charge in [-0.05, 0) is 41.8 Å². The van der Waals surface area contributed by atoms with E-state index in [1.165, 1.54) is 11.1 Å². The molecular weight excluding hydrogens is 220 g/mol. The Balaban J connectivity index is 1.79. The Hall–Kier alpha value is -1.76. The quantitative estimate of drug-likeness (QED) is 0.833. The molecule has 0 aliphatic heterocycles. The standard InChI is InChI=1S/C10H14N6O/c1-17-8-4-2-3-7(8)11-9-5-6-10-12-14-15-16(10)13-9/h5-8H,2-4H2,1H3,(H,11,13). The maximum absolute atomic E-state index is 5.43. The number of aromatic nitrogens is 5. The summed E-state index contributed by atoms with van der Waals surface area (Å²) in [5.74, 6) is 0.777. The zero-order valence-corrected chi connectivity index (χ0v) is 9.58. The molecule has 0 saturated heterocycles. The lowest BCUT2D eigenvalue weighted by Crippen LogP contribution is -2.30. The second kappa shape index (κ2) is 4.25. The molecular formula is C10H14N6O. The van der Waals surface area contributed by atoms with Gasteiger partial charge in [-0.15, -0.1) is 14.8 Å². The fourth-order valence-corrected chi connectivity index (χ4v) is 2.29. The summed E-state index contributed by atoms with van der Waals surface area (Å²) in [6.45, 7) is 0. The Labute approximate surface area is 98.1 Å². The number of anilines is 1. The molecule has 90 valence electrons. The number of hydrogen-bond acceptors (Lipinski definition) is 6. The Morgan fingerprint density at radius 1 is 1.41 bits per heavy atom. The van der Waals surface area contributed by atoms with Crippen molar-refractivity contribution in [1.82, 2.24) is 25.3 Å². The van der Waals surface area contributed by atoms with Crippen LogP contribution in [0.25, 0.3) is 5.65 Å². The van der Waals surface area contributed by atoms with Crippen LogP contribution in [0, 0.1) is 0 Å². The molecule has 7 heteroatoms. The molecule has 0 bridgehead atoms. The van der Waals surface area contributed by atoms with E-state index in [1.54, 1.807) is 7.11 Å². The van der Waals surface area contributed by atoms with E-state index in [2.05, 4.69) is 25.9 Å². The topological polar surface area (TPSA) is 77.2 Å². The van der Waals surface area contributed by atoms with E-state index in [9.17, 15) is 0 Å². The van der Waals surface area contributed by atoms with Gasteiger partial charge in [-0.25, -0.2) is 0 Å². The van der Waals surface area contributed by atoms with Crippen molar-refractivity contribution in [2.24, 2.45) is 0 Å². The lowest BCUT2D eigenvalue weighted by Gasteiger charge is -2.19. The molecule has 0 radical (unpaired) electrons. The maximum Gasteiger partial charge on any atom is 0.200 e. The molecule has 2 unspecified atom stereocenters. The van der Waals surface area contributed by atoms with Gasteiger partial charge in [0.1, 0.15) is 5.82 Å². The third-order valence-electron chi connectivity index (χ3n) is 3.16.